The van der Waals surface area contributed by atoms with Crippen molar-refractivity contribution in [3.8, 4) is 0 Å². The Hall–Kier alpha value is -1.35. The van der Waals surface area contributed by atoms with Gasteiger partial charge in [-0.2, -0.15) is 0 Å². The molecule has 1 aromatic carbocycles. The number of carbonyl (C=O) groups excluding carboxylic acids is 1. The molecule has 3 heteroatoms. The molecule has 0 fully saturated rings. The van der Waals surface area contributed by atoms with Gasteiger partial charge in [-0.15, -0.1) is 0 Å². The number of nitrogens with zero attached hydrogens (tertiary/aromatic N) is 1. The third kappa shape index (κ3) is 5.82. The molecule has 0 saturated carbocycles. The Bertz CT molecular complexity index is 368. The van der Waals surface area contributed by atoms with E-state index in [-0.39, 0.29) is 11.4 Å². The van der Waals surface area contributed by atoms with E-state index in [9.17, 15) is 4.79 Å². The zero-order valence-electron chi connectivity index (χ0n) is 11.6. The second-order valence-electron chi connectivity index (χ2n) is 5.54. The Kier molecular flexibility index (Phi) is 5.35. The molecule has 0 saturated heterocycles. The normalized spacial score (nSPS) is 11.3. The minimum atomic E-state index is -0.268. The van der Waals surface area contributed by atoms with Crippen LogP contribution < -0.4 is 5.73 Å². The summed E-state index contributed by atoms with van der Waals surface area (Å²) >= 11 is 0. The van der Waals surface area contributed by atoms with Gasteiger partial charge in [0.1, 0.15) is 0 Å². The number of rotatable bonds is 6. The molecule has 0 spiro atoms. The van der Waals surface area contributed by atoms with Crippen molar-refractivity contribution >= 4 is 5.91 Å². The largest absolute Gasteiger partial charge is 0.345 e. The van der Waals surface area contributed by atoms with Crippen molar-refractivity contribution < 1.29 is 4.79 Å². The van der Waals surface area contributed by atoms with Gasteiger partial charge >= 0.3 is 0 Å². The van der Waals surface area contributed by atoms with Crippen LogP contribution in [-0.4, -0.2) is 29.9 Å². The van der Waals surface area contributed by atoms with Crippen LogP contribution in [0.2, 0.25) is 0 Å². The molecule has 2 N–H and O–H groups in total. The van der Waals surface area contributed by atoms with Crippen molar-refractivity contribution in [3.05, 3.63) is 35.9 Å². The van der Waals surface area contributed by atoms with Gasteiger partial charge in [0.15, 0.2) is 0 Å². The molecular weight excluding hydrogens is 224 g/mol. The van der Waals surface area contributed by atoms with Crippen LogP contribution in [0.15, 0.2) is 30.3 Å². The average molecular weight is 248 g/mol. The van der Waals surface area contributed by atoms with Crippen LogP contribution in [0.3, 0.4) is 0 Å². The van der Waals surface area contributed by atoms with Gasteiger partial charge in [-0.25, -0.2) is 0 Å². The monoisotopic (exact) mass is 248 g/mol. The van der Waals surface area contributed by atoms with Crippen molar-refractivity contribution in [3.63, 3.8) is 0 Å². The molecule has 0 atom stereocenters. The summed E-state index contributed by atoms with van der Waals surface area (Å²) in [7, 11) is 1.86. The molecule has 1 amide bonds. The number of nitrogens with two attached hydrogens (primary N) is 1. The lowest BCUT2D eigenvalue weighted by molar-refractivity contribution is -0.130. The molecule has 0 bridgehead atoms. The van der Waals surface area contributed by atoms with Crippen LogP contribution in [0, 0.1) is 0 Å². The third-order valence-corrected chi connectivity index (χ3v) is 2.99. The van der Waals surface area contributed by atoms with E-state index in [1.54, 1.807) is 4.90 Å². The van der Waals surface area contributed by atoms with Gasteiger partial charge in [-0.05, 0) is 32.3 Å². The van der Waals surface area contributed by atoms with Crippen LogP contribution >= 0.6 is 0 Å². The van der Waals surface area contributed by atoms with Gasteiger partial charge < -0.3 is 10.6 Å². The first-order valence-electron chi connectivity index (χ1n) is 6.45. The van der Waals surface area contributed by atoms with Crippen molar-refractivity contribution in [1.29, 1.82) is 0 Å². The molecular formula is C15H24N2O. The molecule has 0 aliphatic rings. The van der Waals surface area contributed by atoms with Gasteiger partial charge in [0.25, 0.3) is 0 Å². The maximum absolute atomic E-state index is 11.9. The highest BCUT2D eigenvalue weighted by Gasteiger charge is 2.15. The Morgan fingerprint density at radius 1 is 1.28 bits per heavy atom. The van der Waals surface area contributed by atoms with Gasteiger partial charge in [0.05, 0.1) is 0 Å². The summed E-state index contributed by atoms with van der Waals surface area (Å²) in [4.78, 5) is 13.7. The standard InChI is InChI=1S/C15H24N2O/c1-15(2,16)11-9-14(18)17(3)12-10-13-7-5-4-6-8-13/h4-8H,9-12,16H2,1-3H3. The van der Waals surface area contributed by atoms with Crippen molar-refractivity contribution in [2.45, 2.75) is 38.6 Å². The Morgan fingerprint density at radius 2 is 1.89 bits per heavy atom. The second kappa shape index (κ2) is 6.55. The predicted molar refractivity (Wildman–Crippen MR) is 75.3 cm³/mol. The summed E-state index contributed by atoms with van der Waals surface area (Å²) in [5.74, 6) is 0.171. The fourth-order valence-corrected chi connectivity index (χ4v) is 1.69. The van der Waals surface area contributed by atoms with E-state index in [4.69, 9.17) is 5.73 Å². The summed E-state index contributed by atoms with van der Waals surface area (Å²) in [6.07, 6.45) is 2.14. The van der Waals surface area contributed by atoms with E-state index in [0.717, 1.165) is 19.4 Å². The molecule has 1 rings (SSSR count). The van der Waals surface area contributed by atoms with Crippen molar-refractivity contribution in [1.82, 2.24) is 4.90 Å². The highest BCUT2D eigenvalue weighted by molar-refractivity contribution is 5.75. The molecule has 1 aromatic rings. The van der Waals surface area contributed by atoms with E-state index < -0.39 is 0 Å². The van der Waals surface area contributed by atoms with E-state index in [2.05, 4.69) is 12.1 Å². The minimum Gasteiger partial charge on any atom is -0.345 e. The number of carbonyl (C=O) groups is 1. The fourth-order valence-electron chi connectivity index (χ4n) is 1.69. The lowest BCUT2D eigenvalue weighted by atomic mass is 10.00. The smallest absolute Gasteiger partial charge is 0.222 e. The fraction of sp³-hybridized carbons (Fsp3) is 0.533. The molecule has 0 unspecified atom stereocenters. The highest BCUT2D eigenvalue weighted by Crippen LogP contribution is 2.09. The van der Waals surface area contributed by atoms with Gasteiger partial charge in [0, 0.05) is 25.6 Å². The van der Waals surface area contributed by atoms with E-state index >= 15 is 0 Å². The predicted octanol–water partition coefficient (Wildman–Crippen LogP) is 2.21. The Morgan fingerprint density at radius 3 is 2.44 bits per heavy atom. The number of benzene rings is 1. The van der Waals surface area contributed by atoms with E-state index in [0.29, 0.717) is 6.42 Å². The van der Waals surface area contributed by atoms with Crippen LogP contribution in [0.1, 0.15) is 32.3 Å². The molecule has 0 heterocycles. The molecule has 0 aromatic heterocycles. The molecule has 0 radical (unpaired) electrons. The quantitative estimate of drug-likeness (QED) is 0.839. The SMILES string of the molecule is CN(CCc1ccccc1)C(=O)CCC(C)(C)N. The van der Waals surface area contributed by atoms with Gasteiger partial charge in [-0.1, -0.05) is 30.3 Å². The lowest BCUT2D eigenvalue weighted by Gasteiger charge is -2.21. The van der Waals surface area contributed by atoms with E-state index in [1.807, 2.05) is 39.1 Å². The first-order chi connectivity index (χ1) is 8.38. The summed E-state index contributed by atoms with van der Waals surface area (Å²) in [6, 6.07) is 10.2. The topological polar surface area (TPSA) is 46.3 Å². The second-order valence-corrected chi connectivity index (χ2v) is 5.54. The Balaban J connectivity index is 2.32. The zero-order chi connectivity index (χ0) is 13.6. The van der Waals surface area contributed by atoms with E-state index in [1.165, 1.54) is 5.56 Å². The summed E-state index contributed by atoms with van der Waals surface area (Å²) < 4.78 is 0. The van der Waals surface area contributed by atoms with Crippen molar-refractivity contribution in [2.24, 2.45) is 5.73 Å². The first kappa shape index (κ1) is 14.7. The van der Waals surface area contributed by atoms with Crippen LogP contribution in [0.4, 0.5) is 0 Å². The summed E-state index contributed by atoms with van der Waals surface area (Å²) in [5, 5.41) is 0. The molecule has 18 heavy (non-hydrogen) atoms. The number of hydrogen-bond acceptors (Lipinski definition) is 2. The molecule has 3 nitrogen and oxygen atoms in total. The van der Waals surface area contributed by atoms with Crippen molar-refractivity contribution in [2.75, 3.05) is 13.6 Å². The lowest BCUT2D eigenvalue weighted by Crippen LogP contribution is -2.35. The average Bonchev–Trinajstić information content (AvgIpc) is 2.33. The minimum absolute atomic E-state index is 0.171. The van der Waals surface area contributed by atoms with Crippen LogP contribution in [0.5, 0.6) is 0 Å². The maximum Gasteiger partial charge on any atom is 0.222 e. The number of amides is 1. The zero-order valence-corrected chi connectivity index (χ0v) is 11.6. The molecule has 0 aliphatic heterocycles. The molecule has 0 aliphatic carbocycles. The number of hydrogen-bond donors (Lipinski definition) is 1. The van der Waals surface area contributed by atoms with Gasteiger partial charge in [-0.3, -0.25) is 4.79 Å². The third-order valence-electron chi connectivity index (χ3n) is 2.99. The summed E-state index contributed by atoms with van der Waals surface area (Å²) in [6.45, 7) is 4.66. The summed E-state index contributed by atoms with van der Waals surface area (Å²) in [5.41, 5.74) is 6.87. The van der Waals surface area contributed by atoms with Gasteiger partial charge in [0.2, 0.25) is 5.91 Å². The first-order valence-corrected chi connectivity index (χ1v) is 6.45. The number of likely N-dealkylation sites (N-methyl/N-ethyl adjacent to an activating group) is 1. The highest BCUT2D eigenvalue weighted by atomic mass is 16.2. The van der Waals surface area contributed by atoms with Crippen LogP contribution in [0.25, 0.3) is 0 Å². The Labute approximate surface area is 110 Å². The maximum atomic E-state index is 11.9. The molecule has 100 valence electrons. The van der Waals surface area contributed by atoms with Crippen LogP contribution in [-0.2, 0) is 11.2 Å².